The van der Waals surface area contributed by atoms with Crippen molar-refractivity contribution in [2.45, 2.75) is 6.92 Å². The molecule has 0 spiro atoms. The molecule has 0 aliphatic rings. The Morgan fingerprint density at radius 2 is 2.05 bits per heavy atom. The van der Waals surface area contributed by atoms with Crippen LogP contribution in [-0.4, -0.2) is 40.3 Å². The van der Waals surface area contributed by atoms with Crippen LogP contribution >= 0.6 is 0 Å². The molecule has 0 saturated carbocycles. The first kappa shape index (κ1) is 15.5. The number of rotatable bonds is 7. The number of methoxy groups -OCH3 is 1. The van der Waals surface area contributed by atoms with Gasteiger partial charge in [0.05, 0.1) is 12.9 Å². The summed E-state index contributed by atoms with van der Waals surface area (Å²) >= 11 is 0. The van der Waals surface area contributed by atoms with E-state index in [1.165, 1.54) is 7.11 Å². The second-order valence-corrected chi connectivity index (χ2v) is 5.88. The Morgan fingerprint density at radius 3 is 2.68 bits per heavy atom. The van der Waals surface area contributed by atoms with Crippen molar-refractivity contribution in [3.63, 3.8) is 0 Å². The summed E-state index contributed by atoms with van der Waals surface area (Å²) in [6, 6.07) is 6.74. The Morgan fingerprint density at radius 1 is 1.32 bits per heavy atom. The van der Waals surface area contributed by atoms with Crippen molar-refractivity contribution in [3.05, 3.63) is 29.8 Å². The monoisotopic (exact) mass is 286 g/mol. The molecule has 0 unspecified atom stereocenters. The average molecular weight is 286 g/mol. The van der Waals surface area contributed by atoms with Crippen molar-refractivity contribution in [3.8, 4) is 5.75 Å². The number of sulfonamides is 1. The summed E-state index contributed by atoms with van der Waals surface area (Å²) in [6.07, 6.45) is 0. The molecule has 0 saturated heterocycles. The van der Waals surface area contributed by atoms with Gasteiger partial charge < -0.3 is 10.1 Å². The highest BCUT2D eigenvalue weighted by Crippen LogP contribution is 2.11. The van der Waals surface area contributed by atoms with Crippen LogP contribution in [0.4, 0.5) is 0 Å². The van der Waals surface area contributed by atoms with Crippen LogP contribution in [-0.2, 0) is 10.0 Å². The van der Waals surface area contributed by atoms with Gasteiger partial charge in [0, 0.05) is 18.7 Å². The molecule has 0 aliphatic heterocycles. The molecule has 6 nitrogen and oxygen atoms in total. The minimum atomic E-state index is -3.21. The maximum Gasteiger partial charge on any atom is 0.251 e. The first-order valence-electron chi connectivity index (χ1n) is 5.88. The van der Waals surface area contributed by atoms with E-state index in [1.54, 1.807) is 31.2 Å². The zero-order chi connectivity index (χ0) is 14.3. The number of hydrogen-bond donors (Lipinski definition) is 2. The fourth-order valence-electron chi connectivity index (χ4n) is 1.35. The van der Waals surface area contributed by atoms with Crippen LogP contribution in [0.3, 0.4) is 0 Å². The van der Waals surface area contributed by atoms with E-state index in [4.69, 9.17) is 4.74 Å². The predicted octanol–water partition coefficient (Wildman–Crippen LogP) is 0.364. The lowest BCUT2D eigenvalue weighted by Crippen LogP contribution is -2.35. The van der Waals surface area contributed by atoms with Crippen LogP contribution in [0.15, 0.2) is 24.3 Å². The van der Waals surface area contributed by atoms with Crippen molar-refractivity contribution in [2.75, 3.05) is 26.0 Å². The predicted molar refractivity (Wildman–Crippen MR) is 72.8 cm³/mol. The van der Waals surface area contributed by atoms with Crippen LogP contribution in [0, 0.1) is 0 Å². The summed E-state index contributed by atoms with van der Waals surface area (Å²) in [4.78, 5) is 11.8. The average Bonchev–Trinajstić information content (AvgIpc) is 2.43. The van der Waals surface area contributed by atoms with Crippen LogP contribution in [0.2, 0.25) is 0 Å². The molecule has 0 radical (unpaired) electrons. The molecule has 1 rings (SSSR count). The third-order valence-corrected chi connectivity index (χ3v) is 3.85. The summed E-state index contributed by atoms with van der Waals surface area (Å²) in [5.74, 6) is 0.352. The van der Waals surface area contributed by atoms with Crippen molar-refractivity contribution in [1.29, 1.82) is 0 Å². The Balaban J connectivity index is 2.43. The topological polar surface area (TPSA) is 84.5 Å². The smallest absolute Gasteiger partial charge is 0.251 e. The molecule has 1 amide bonds. The van der Waals surface area contributed by atoms with Gasteiger partial charge in [-0.15, -0.1) is 0 Å². The second kappa shape index (κ2) is 7.10. The summed E-state index contributed by atoms with van der Waals surface area (Å²) < 4.78 is 29.7. The van der Waals surface area contributed by atoms with E-state index in [9.17, 15) is 13.2 Å². The lowest BCUT2D eigenvalue weighted by molar-refractivity contribution is 0.0954. The molecule has 106 valence electrons. The zero-order valence-corrected chi connectivity index (χ0v) is 11.8. The van der Waals surface area contributed by atoms with Crippen molar-refractivity contribution in [2.24, 2.45) is 0 Å². The van der Waals surface area contributed by atoms with Gasteiger partial charge in [0.15, 0.2) is 0 Å². The van der Waals surface area contributed by atoms with Gasteiger partial charge in [-0.2, -0.15) is 0 Å². The summed E-state index contributed by atoms with van der Waals surface area (Å²) in [5.41, 5.74) is 0.470. The van der Waals surface area contributed by atoms with Crippen LogP contribution in [0.1, 0.15) is 17.3 Å². The molecule has 0 bridgehead atoms. The van der Waals surface area contributed by atoms with E-state index in [2.05, 4.69) is 10.0 Å². The molecular weight excluding hydrogens is 268 g/mol. The normalized spacial score (nSPS) is 11.1. The molecule has 0 heterocycles. The fourth-order valence-corrected chi connectivity index (χ4v) is 1.97. The third-order valence-electron chi connectivity index (χ3n) is 2.44. The van der Waals surface area contributed by atoms with E-state index in [1.807, 2.05) is 0 Å². The number of carbonyl (C=O) groups excluding carboxylic acids is 1. The molecule has 19 heavy (non-hydrogen) atoms. The molecule has 7 heteroatoms. The number of benzene rings is 1. The maximum absolute atomic E-state index is 11.8. The van der Waals surface area contributed by atoms with E-state index < -0.39 is 10.0 Å². The van der Waals surface area contributed by atoms with Crippen molar-refractivity contribution < 1.29 is 17.9 Å². The van der Waals surface area contributed by atoms with Gasteiger partial charge in [-0.05, 0) is 25.1 Å². The van der Waals surface area contributed by atoms with E-state index >= 15 is 0 Å². The van der Waals surface area contributed by atoms with Crippen molar-refractivity contribution in [1.82, 2.24) is 10.0 Å². The van der Waals surface area contributed by atoms with Gasteiger partial charge in [0.1, 0.15) is 5.75 Å². The van der Waals surface area contributed by atoms with Crippen LogP contribution in [0.25, 0.3) is 0 Å². The van der Waals surface area contributed by atoms with E-state index in [0.29, 0.717) is 11.3 Å². The Hall–Kier alpha value is -1.60. The molecular formula is C12H18N2O4S. The molecule has 1 aromatic carbocycles. The van der Waals surface area contributed by atoms with Gasteiger partial charge in [0.2, 0.25) is 10.0 Å². The Kier molecular flexibility index (Phi) is 5.78. The minimum absolute atomic E-state index is 0.0246. The van der Waals surface area contributed by atoms with Gasteiger partial charge in [-0.1, -0.05) is 6.07 Å². The second-order valence-electron chi connectivity index (χ2n) is 3.79. The molecule has 2 N–H and O–H groups in total. The fraction of sp³-hybridized carbons (Fsp3) is 0.417. The zero-order valence-electron chi connectivity index (χ0n) is 11.0. The Bertz CT molecular complexity index is 528. The van der Waals surface area contributed by atoms with Gasteiger partial charge in [0.25, 0.3) is 5.91 Å². The van der Waals surface area contributed by atoms with Gasteiger partial charge in [-0.3, -0.25) is 4.79 Å². The molecule has 0 aliphatic carbocycles. The third kappa shape index (κ3) is 5.27. The lowest BCUT2D eigenvalue weighted by Gasteiger charge is -2.07. The highest BCUT2D eigenvalue weighted by molar-refractivity contribution is 7.89. The number of amides is 1. The highest BCUT2D eigenvalue weighted by atomic mass is 32.2. The quantitative estimate of drug-likeness (QED) is 0.709. The van der Waals surface area contributed by atoms with Gasteiger partial charge >= 0.3 is 0 Å². The highest BCUT2D eigenvalue weighted by Gasteiger charge is 2.07. The largest absolute Gasteiger partial charge is 0.497 e. The van der Waals surface area contributed by atoms with E-state index in [-0.39, 0.29) is 24.7 Å². The van der Waals surface area contributed by atoms with Crippen molar-refractivity contribution >= 4 is 15.9 Å². The molecule has 1 aromatic rings. The standard InChI is InChI=1S/C12H18N2O4S/c1-3-19(16,17)14-8-7-13-12(15)10-5-4-6-11(9-10)18-2/h4-6,9,14H,3,7-8H2,1-2H3,(H,13,15). The van der Waals surface area contributed by atoms with E-state index in [0.717, 1.165) is 0 Å². The first-order valence-corrected chi connectivity index (χ1v) is 7.53. The number of carbonyl (C=O) groups is 1. The van der Waals surface area contributed by atoms with Gasteiger partial charge in [-0.25, -0.2) is 13.1 Å². The summed E-state index contributed by atoms with van der Waals surface area (Å²) in [5, 5.41) is 2.63. The van der Waals surface area contributed by atoms with Crippen LogP contribution < -0.4 is 14.8 Å². The molecule has 0 aromatic heterocycles. The summed E-state index contributed by atoms with van der Waals surface area (Å²) in [7, 11) is -1.69. The lowest BCUT2D eigenvalue weighted by atomic mass is 10.2. The first-order chi connectivity index (χ1) is 8.98. The molecule has 0 fully saturated rings. The number of nitrogens with one attached hydrogen (secondary N) is 2. The van der Waals surface area contributed by atoms with Crippen LogP contribution in [0.5, 0.6) is 5.75 Å². The number of ether oxygens (including phenoxy) is 1. The Labute approximate surface area is 113 Å². The SMILES string of the molecule is CCS(=O)(=O)NCCNC(=O)c1cccc(OC)c1. The summed E-state index contributed by atoms with van der Waals surface area (Å²) in [6.45, 7) is 1.96. The minimum Gasteiger partial charge on any atom is -0.497 e. The number of hydrogen-bond acceptors (Lipinski definition) is 4. The maximum atomic E-state index is 11.8. The molecule has 0 atom stereocenters.